The number of rotatable bonds is 8. The molecule has 1 aliphatic heterocycles. The standard InChI is InChI=1S/C24H24Cl2N4O3S/c1-14-5-7-18(12-19(14)26)30-13-16(11-22(30)32)23-28-29-24(34-23)27-21(31)4-3-9-33-20-8-6-17(25)10-15(20)2/h5-8,10,12,16H,3-4,9,11,13H2,1-2H3,(H,27,29,31). The Morgan fingerprint density at radius 2 is 2.00 bits per heavy atom. The van der Waals surface area contributed by atoms with Crippen molar-refractivity contribution in [3.8, 4) is 5.75 Å². The summed E-state index contributed by atoms with van der Waals surface area (Å²) in [4.78, 5) is 26.6. The molecule has 0 radical (unpaired) electrons. The third kappa shape index (κ3) is 5.87. The molecule has 1 aromatic heterocycles. The van der Waals surface area contributed by atoms with E-state index in [1.165, 1.54) is 11.3 Å². The lowest BCUT2D eigenvalue weighted by Gasteiger charge is -2.17. The van der Waals surface area contributed by atoms with E-state index < -0.39 is 0 Å². The maximum Gasteiger partial charge on any atom is 0.227 e. The van der Waals surface area contributed by atoms with Crippen LogP contribution in [0.15, 0.2) is 36.4 Å². The van der Waals surface area contributed by atoms with Crippen molar-refractivity contribution in [3.05, 3.63) is 62.6 Å². The van der Waals surface area contributed by atoms with Crippen molar-refractivity contribution in [1.29, 1.82) is 0 Å². The van der Waals surface area contributed by atoms with Gasteiger partial charge < -0.3 is 15.0 Å². The highest BCUT2D eigenvalue weighted by molar-refractivity contribution is 7.15. The van der Waals surface area contributed by atoms with E-state index >= 15 is 0 Å². The van der Waals surface area contributed by atoms with Gasteiger partial charge in [-0.15, -0.1) is 10.2 Å². The van der Waals surface area contributed by atoms with E-state index in [1.807, 2.05) is 38.1 Å². The first-order valence-electron chi connectivity index (χ1n) is 10.9. The van der Waals surface area contributed by atoms with Gasteiger partial charge in [0, 0.05) is 41.0 Å². The van der Waals surface area contributed by atoms with Crippen molar-refractivity contribution in [3.63, 3.8) is 0 Å². The summed E-state index contributed by atoms with van der Waals surface area (Å²) >= 11 is 13.5. The van der Waals surface area contributed by atoms with E-state index in [2.05, 4.69) is 15.5 Å². The lowest BCUT2D eigenvalue weighted by atomic mass is 10.1. The second-order valence-corrected chi connectivity index (χ2v) is 10.0. The van der Waals surface area contributed by atoms with Crippen LogP contribution in [0.1, 0.15) is 41.3 Å². The van der Waals surface area contributed by atoms with E-state index in [1.54, 1.807) is 17.0 Å². The fourth-order valence-electron chi connectivity index (χ4n) is 3.69. The lowest BCUT2D eigenvalue weighted by molar-refractivity contribution is -0.117. The Bertz CT molecular complexity index is 1220. The number of carbonyl (C=O) groups excluding carboxylic acids is 2. The zero-order chi connectivity index (χ0) is 24.2. The minimum atomic E-state index is -0.155. The largest absolute Gasteiger partial charge is 0.493 e. The van der Waals surface area contributed by atoms with Gasteiger partial charge in [-0.3, -0.25) is 9.59 Å². The second kappa shape index (κ2) is 10.7. The van der Waals surface area contributed by atoms with Crippen LogP contribution in [0.5, 0.6) is 5.75 Å². The van der Waals surface area contributed by atoms with Crippen LogP contribution >= 0.6 is 34.5 Å². The highest BCUT2D eigenvalue weighted by Crippen LogP contribution is 2.35. The van der Waals surface area contributed by atoms with Crippen molar-refractivity contribution in [1.82, 2.24) is 10.2 Å². The molecule has 34 heavy (non-hydrogen) atoms. The predicted molar refractivity (Wildman–Crippen MR) is 135 cm³/mol. The maximum absolute atomic E-state index is 12.6. The van der Waals surface area contributed by atoms with E-state index in [4.69, 9.17) is 27.9 Å². The molecule has 0 aliphatic carbocycles. The molecule has 4 rings (SSSR count). The number of hydrogen-bond donors (Lipinski definition) is 1. The van der Waals surface area contributed by atoms with Crippen molar-refractivity contribution < 1.29 is 14.3 Å². The van der Waals surface area contributed by atoms with Gasteiger partial charge >= 0.3 is 0 Å². The Morgan fingerprint density at radius 3 is 2.76 bits per heavy atom. The fraction of sp³-hybridized carbons (Fsp3) is 0.333. The molecule has 178 valence electrons. The van der Waals surface area contributed by atoms with Crippen molar-refractivity contribution in [2.45, 2.75) is 39.0 Å². The average Bonchev–Trinajstić information content (AvgIpc) is 3.41. The molecule has 2 heterocycles. The van der Waals surface area contributed by atoms with Gasteiger partial charge in [-0.2, -0.15) is 0 Å². The molecule has 2 aromatic carbocycles. The molecule has 1 aliphatic rings. The molecule has 1 atom stereocenters. The van der Waals surface area contributed by atoms with Crippen LogP contribution in [0.2, 0.25) is 10.0 Å². The molecule has 0 spiro atoms. The number of carbonyl (C=O) groups is 2. The van der Waals surface area contributed by atoms with E-state index in [0.29, 0.717) is 47.6 Å². The van der Waals surface area contributed by atoms with Gasteiger partial charge in [0.05, 0.1) is 6.61 Å². The van der Waals surface area contributed by atoms with Gasteiger partial charge in [-0.05, 0) is 61.7 Å². The topological polar surface area (TPSA) is 84.4 Å². The summed E-state index contributed by atoms with van der Waals surface area (Å²) in [5, 5.41) is 13.5. The quantitative estimate of drug-likeness (QED) is 0.382. The second-order valence-electron chi connectivity index (χ2n) is 8.19. The smallest absolute Gasteiger partial charge is 0.227 e. The van der Waals surface area contributed by atoms with Crippen LogP contribution in [0, 0.1) is 13.8 Å². The van der Waals surface area contributed by atoms with Gasteiger partial charge in [-0.25, -0.2) is 0 Å². The molecule has 3 aromatic rings. The highest BCUT2D eigenvalue weighted by Gasteiger charge is 2.34. The summed E-state index contributed by atoms with van der Waals surface area (Å²) in [5.74, 6) is 0.539. The SMILES string of the molecule is Cc1ccc(N2CC(c3nnc(NC(=O)CCCOc4ccc(Cl)cc4C)s3)CC2=O)cc1Cl. The summed E-state index contributed by atoms with van der Waals surface area (Å²) < 4.78 is 5.73. The summed E-state index contributed by atoms with van der Waals surface area (Å²) in [7, 11) is 0. The fourth-order valence-corrected chi connectivity index (χ4v) is 4.95. The number of ether oxygens (including phenoxy) is 1. The van der Waals surface area contributed by atoms with E-state index in [0.717, 1.165) is 27.6 Å². The normalized spacial score (nSPS) is 15.6. The van der Waals surface area contributed by atoms with Crippen LogP contribution in [-0.4, -0.2) is 35.2 Å². The van der Waals surface area contributed by atoms with Gasteiger partial charge in [0.15, 0.2) is 0 Å². The predicted octanol–water partition coefficient (Wildman–Crippen LogP) is 5.78. The number of benzene rings is 2. The van der Waals surface area contributed by atoms with Gasteiger partial charge in [-0.1, -0.05) is 40.6 Å². The number of amides is 2. The van der Waals surface area contributed by atoms with Crippen LogP contribution in [0.3, 0.4) is 0 Å². The molecule has 0 saturated carbocycles. The number of aryl methyl sites for hydroxylation is 2. The lowest BCUT2D eigenvalue weighted by Crippen LogP contribution is -2.24. The van der Waals surface area contributed by atoms with E-state index in [9.17, 15) is 9.59 Å². The molecule has 7 nitrogen and oxygen atoms in total. The number of anilines is 2. The first-order chi connectivity index (χ1) is 16.3. The van der Waals surface area contributed by atoms with Gasteiger partial charge in [0.2, 0.25) is 16.9 Å². The maximum atomic E-state index is 12.6. The molecular formula is C24H24Cl2N4O3S. The van der Waals surface area contributed by atoms with Crippen LogP contribution in [0.25, 0.3) is 0 Å². The highest BCUT2D eigenvalue weighted by atomic mass is 35.5. The monoisotopic (exact) mass is 518 g/mol. The summed E-state index contributed by atoms with van der Waals surface area (Å²) in [5.41, 5.74) is 2.69. The Kier molecular flexibility index (Phi) is 7.70. The Morgan fingerprint density at radius 1 is 1.18 bits per heavy atom. The molecule has 2 amide bonds. The van der Waals surface area contributed by atoms with Crippen LogP contribution in [-0.2, 0) is 9.59 Å². The molecule has 0 bridgehead atoms. The van der Waals surface area contributed by atoms with Crippen molar-refractivity contribution in [2.24, 2.45) is 0 Å². The number of nitrogens with one attached hydrogen (secondary N) is 1. The molecular weight excluding hydrogens is 495 g/mol. The minimum absolute atomic E-state index is 0.0154. The average molecular weight is 519 g/mol. The van der Waals surface area contributed by atoms with Crippen molar-refractivity contribution in [2.75, 3.05) is 23.4 Å². The van der Waals surface area contributed by atoms with Crippen molar-refractivity contribution >= 4 is 57.2 Å². The summed E-state index contributed by atoms with van der Waals surface area (Å²) in [6.07, 6.45) is 1.20. The van der Waals surface area contributed by atoms with Gasteiger partial charge in [0.25, 0.3) is 0 Å². The number of halogens is 2. The third-order valence-electron chi connectivity index (χ3n) is 5.57. The van der Waals surface area contributed by atoms with Gasteiger partial charge in [0.1, 0.15) is 10.8 Å². The molecule has 1 saturated heterocycles. The minimum Gasteiger partial charge on any atom is -0.493 e. The Balaban J connectivity index is 1.26. The summed E-state index contributed by atoms with van der Waals surface area (Å²) in [6, 6.07) is 11.0. The first kappa shape index (κ1) is 24.4. The number of hydrogen-bond acceptors (Lipinski definition) is 6. The molecule has 1 fully saturated rings. The molecule has 10 heteroatoms. The molecule has 1 N–H and O–H groups in total. The van der Waals surface area contributed by atoms with Crippen LogP contribution in [0.4, 0.5) is 10.8 Å². The Hall–Kier alpha value is -2.68. The van der Waals surface area contributed by atoms with E-state index in [-0.39, 0.29) is 17.7 Å². The number of nitrogens with zero attached hydrogens (tertiary/aromatic N) is 3. The Labute approximate surface area is 212 Å². The zero-order valence-corrected chi connectivity index (χ0v) is 21.1. The van der Waals surface area contributed by atoms with Crippen LogP contribution < -0.4 is 15.0 Å². The zero-order valence-electron chi connectivity index (χ0n) is 18.8. The first-order valence-corrected chi connectivity index (χ1v) is 12.5. The molecule has 1 unspecified atom stereocenters. The third-order valence-corrected chi connectivity index (χ3v) is 7.21. The number of aromatic nitrogens is 2. The summed E-state index contributed by atoms with van der Waals surface area (Å²) in [6.45, 7) is 4.77.